The molecular formula is C18H22N4O4. The van der Waals surface area contributed by atoms with E-state index in [4.69, 9.17) is 4.42 Å². The van der Waals surface area contributed by atoms with Crippen LogP contribution in [-0.2, 0) is 26.4 Å². The third-order valence-electron chi connectivity index (χ3n) is 5.31. The molecule has 1 amide bonds. The second kappa shape index (κ2) is 6.26. The maximum Gasteiger partial charge on any atom is 0.345 e. The van der Waals surface area contributed by atoms with Gasteiger partial charge in [0.2, 0.25) is 0 Å². The van der Waals surface area contributed by atoms with Crippen LogP contribution in [0.25, 0.3) is 0 Å². The van der Waals surface area contributed by atoms with Crippen molar-refractivity contribution in [2.24, 2.45) is 7.05 Å². The van der Waals surface area contributed by atoms with E-state index in [1.807, 2.05) is 0 Å². The zero-order chi connectivity index (χ0) is 18.4. The molecule has 2 aliphatic rings. The van der Waals surface area contributed by atoms with Crippen LogP contribution < -0.4 is 11.0 Å². The fourth-order valence-corrected chi connectivity index (χ4v) is 3.98. The third-order valence-corrected chi connectivity index (χ3v) is 5.31. The number of carbonyl (C=O) groups is 2. The van der Waals surface area contributed by atoms with E-state index < -0.39 is 0 Å². The summed E-state index contributed by atoms with van der Waals surface area (Å²) < 4.78 is 8.69. The Bertz CT molecular complexity index is 949. The molecule has 8 heteroatoms. The Kier molecular flexibility index (Phi) is 4.05. The number of furan rings is 1. The van der Waals surface area contributed by atoms with Gasteiger partial charge >= 0.3 is 5.69 Å². The molecule has 0 saturated carbocycles. The maximum atomic E-state index is 12.8. The predicted molar refractivity (Wildman–Crippen MR) is 92.4 cm³/mol. The number of amides is 1. The molecule has 1 atom stereocenters. The number of rotatable bonds is 2. The SMILES string of the molecule is Cc1oc2c(c1C(=O)NC1CCc3nn(C)c(=O)n3CC1)C(=O)CCC2. The molecule has 26 heavy (non-hydrogen) atoms. The van der Waals surface area contributed by atoms with Gasteiger partial charge in [-0.25, -0.2) is 9.48 Å². The number of Topliss-reactive ketones (excluding diaryl/α,β-unsaturated/α-hetero) is 1. The quantitative estimate of drug-likeness (QED) is 0.868. The van der Waals surface area contributed by atoms with Gasteiger partial charge in [0.25, 0.3) is 5.91 Å². The van der Waals surface area contributed by atoms with Crippen molar-refractivity contribution in [2.45, 2.75) is 58.0 Å². The summed E-state index contributed by atoms with van der Waals surface area (Å²) in [6.07, 6.45) is 3.90. The van der Waals surface area contributed by atoms with E-state index in [2.05, 4.69) is 10.4 Å². The van der Waals surface area contributed by atoms with Gasteiger partial charge in [0, 0.05) is 38.9 Å². The van der Waals surface area contributed by atoms with Crippen LogP contribution in [0.4, 0.5) is 0 Å². The van der Waals surface area contributed by atoms with E-state index in [9.17, 15) is 14.4 Å². The summed E-state index contributed by atoms with van der Waals surface area (Å²) in [5.74, 6) is 1.60. The molecule has 3 heterocycles. The van der Waals surface area contributed by atoms with Gasteiger partial charge in [-0.05, 0) is 26.2 Å². The Morgan fingerprint density at radius 3 is 2.85 bits per heavy atom. The minimum absolute atomic E-state index is 0.0160. The zero-order valence-corrected chi connectivity index (χ0v) is 15.0. The van der Waals surface area contributed by atoms with E-state index in [1.54, 1.807) is 18.5 Å². The minimum atomic E-state index is -0.264. The average molecular weight is 358 g/mol. The first-order valence-corrected chi connectivity index (χ1v) is 9.04. The normalized spacial score (nSPS) is 19.6. The zero-order valence-electron chi connectivity index (χ0n) is 15.0. The Morgan fingerprint density at radius 1 is 1.23 bits per heavy atom. The Morgan fingerprint density at radius 2 is 2.04 bits per heavy atom. The van der Waals surface area contributed by atoms with Gasteiger partial charge in [-0.2, -0.15) is 5.10 Å². The van der Waals surface area contributed by atoms with Gasteiger partial charge in [0.1, 0.15) is 17.3 Å². The summed E-state index contributed by atoms with van der Waals surface area (Å²) in [4.78, 5) is 37.2. The van der Waals surface area contributed by atoms with Crippen molar-refractivity contribution in [1.29, 1.82) is 0 Å². The summed E-state index contributed by atoms with van der Waals surface area (Å²) in [5.41, 5.74) is 0.710. The lowest BCUT2D eigenvalue weighted by Gasteiger charge is -2.17. The average Bonchev–Trinajstić information content (AvgIpc) is 2.99. The second-order valence-corrected chi connectivity index (χ2v) is 7.08. The number of carbonyl (C=O) groups excluding carboxylic acids is 2. The molecule has 2 aromatic heterocycles. The fraction of sp³-hybridized carbons (Fsp3) is 0.556. The van der Waals surface area contributed by atoms with Crippen molar-refractivity contribution in [1.82, 2.24) is 19.7 Å². The van der Waals surface area contributed by atoms with Crippen molar-refractivity contribution in [3.05, 3.63) is 39.0 Å². The number of hydrogen-bond acceptors (Lipinski definition) is 5. The van der Waals surface area contributed by atoms with Gasteiger partial charge in [0.15, 0.2) is 5.78 Å². The van der Waals surface area contributed by atoms with Crippen LogP contribution in [0.2, 0.25) is 0 Å². The predicted octanol–water partition coefficient (Wildman–Crippen LogP) is 1.14. The van der Waals surface area contributed by atoms with Crippen LogP contribution in [0, 0.1) is 6.92 Å². The molecule has 1 N–H and O–H groups in total. The summed E-state index contributed by atoms with van der Waals surface area (Å²) >= 11 is 0. The van der Waals surface area contributed by atoms with Gasteiger partial charge in [-0.3, -0.25) is 14.2 Å². The molecule has 4 rings (SSSR count). The highest BCUT2D eigenvalue weighted by Crippen LogP contribution is 2.29. The molecular weight excluding hydrogens is 336 g/mol. The number of aryl methyl sites for hydroxylation is 4. The lowest BCUT2D eigenvalue weighted by molar-refractivity contribution is 0.0912. The lowest BCUT2D eigenvalue weighted by Crippen LogP contribution is -2.36. The van der Waals surface area contributed by atoms with Crippen molar-refractivity contribution < 1.29 is 14.0 Å². The van der Waals surface area contributed by atoms with Gasteiger partial charge in [0.05, 0.1) is 11.1 Å². The number of nitrogens with zero attached hydrogens (tertiary/aromatic N) is 3. The highest BCUT2D eigenvalue weighted by Gasteiger charge is 2.31. The molecule has 1 aliphatic carbocycles. The van der Waals surface area contributed by atoms with Crippen LogP contribution in [0.3, 0.4) is 0 Å². The maximum absolute atomic E-state index is 12.8. The number of fused-ring (bicyclic) bond motifs is 2. The monoisotopic (exact) mass is 358 g/mol. The topological polar surface area (TPSA) is 99.1 Å². The highest BCUT2D eigenvalue weighted by molar-refractivity contribution is 6.10. The first kappa shape index (κ1) is 16.8. The molecule has 138 valence electrons. The van der Waals surface area contributed by atoms with E-state index in [0.717, 1.165) is 12.2 Å². The molecule has 2 aromatic rings. The third kappa shape index (κ3) is 2.69. The lowest BCUT2D eigenvalue weighted by atomic mass is 9.93. The number of aromatic nitrogens is 3. The van der Waals surface area contributed by atoms with Crippen LogP contribution in [-0.4, -0.2) is 32.1 Å². The first-order valence-electron chi connectivity index (χ1n) is 9.04. The van der Waals surface area contributed by atoms with Crippen molar-refractivity contribution in [3.63, 3.8) is 0 Å². The largest absolute Gasteiger partial charge is 0.465 e. The van der Waals surface area contributed by atoms with Crippen LogP contribution in [0.5, 0.6) is 0 Å². The standard InChI is InChI=1S/C18H22N4O4/c1-10-15(16-12(23)4-3-5-13(16)26-10)17(24)19-11-6-7-14-20-21(2)18(25)22(14)9-8-11/h11H,3-9H2,1-2H3,(H,19,24). The number of ketones is 1. The molecule has 8 nitrogen and oxygen atoms in total. The van der Waals surface area contributed by atoms with Gasteiger partial charge in [-0.1, -0.05) is 0 Å². The Balaban J connectivity index is 1.52. The summed E-state index contributed by atoms with van der Waals surface area (Å²) in [6.45, 7) is 2.25. The van der Waals surface area contributed by atoms with E-state index in [0.29, 0.717) is 61.3 Å². The van der Waals surface area contributed by atoms with Crippen molar-refractivity contribution >= 4 is 11.7 Å². The minimum Gasteiger partial charge on any atom is -0.465 e. The molecule has 0 saturated heterocycles. The van der Waals surface area contributed by atoms with E-state index in [-0.39, 0.29) is 23.4 Å². The Labute approximate surface area is 150 Å². The van der Waals surface area contributed by atoms with Crippen LogP contribution in [0.1, 0.15) is 63.7 Å². The molecule has 1 unspecified atom stereocenters. The van der Waals surface area contributed by atoms with Crippen molar-refractivity contribution in [2.75, 3.05) is 0 Å². The molecule has 0 fully saturated rings. The fourth-order valence-electron chi connectivity index (χ4n) is 3.98. The second-order valence-electron chi connectivity index (χ2n) is 7.08. The van der Waals surface area contributed by atoms with Gasteiger partial charge in [-0.15, -0.1) is 0 Å². The summed E-state index contributed by atoms with van der Waals surface area (Å²) in [7, 11) is 1.64. The molecule has 1 aliphatic heterocycles. The first-order chi connectivity index (χ1) is 12.5. The van der Waals surface area contributed by atoms with Crippen LogP contribution in [0.15, 0.2) is 9.21 Å². The Hall–Kier alpha value is -2.64. The summed E-state index contributed by atoms with van der Waals surface area (Å²) in [6, 6.07) is -0.0717. The van der Waals surface area contributed by atoms with Crippen molar-refractivity contribution in [3.8, 4) is 0 Å². The summed E-state index contributed by atoms with van der Waals surface area (Å²) in [5, 5.41) is 7.28. The molecule has 0 aromatic carbocycles. The van der Waals surface area contributed by atoms with E-state index >= 15 is 0 Å². The number of hydrogen-bond donors (Lipinski definition) is 1. The smallest absolute Gasteiger partial charge is 0.345 e. The number of nitrogens with one attached hydrogen (secondary N) is 1. The molecule has 0 bridgehead atoms. The molecule has 0 radical (unpaired) electrons. The van der Waals surface area contributed by atoms with E-state index in [1.165, 1.54) is 4.68 Å². The molecule has 0 spiro atoms. The van der Waals surface area contributed by atoms with Gasteiger partial charge < -0.3 is 9.73 Å². The highest BCUT2D eigenvalue weighted by atomic mass is 16.3. The van der Waals surface area contributed by atoms with Crippen LogP contribution >= 0.6 is 0 Å².